The molecule has 1 saturated heterocycles. The summed E-state index contributed by atoms with van der Waals surface area (Å²) < 4.78 is 0. The van der Waals surface area contributed by atoms with Gasteiger partial charge in [-0.2, -0.15) is 0 Å². The van der Waals surface area contributed by atoms with E-state index in [2.05, 4.69) is 41.6 Å². The molecule has 1 aromatic rings. The molecule has 1 aromatic heterocycles. The summed E-state index contributed by atoms with van der Waals surface area (Å²) in [6, 6.07) is 4.21. The molecule has 2 heterocycles. The molecule has 3 nitrogen and oxygen atoms in total. The van der Waals surface area contributed by atoms with Crippen LogP contribution in [0.25, 0.3) is 0 Å². The van der Waals surface area contributed by atoms with Crippen LogP contribution in [0.5, 0.6) is 0 Å². The van der Waals surface area contributed by atoms with E-state index in [1.165, 1.54) is 24.1 Å². The molecule has 20 heavy (non-hydrogen) atoms. The number of hydrogen-bond acceptors (Lipinski definition) is 3. The molecule has 0 aromatic carbocycles. The van der Waals surface area contributed by atoms with Crippen molar-refractivity contribution in [2.75, 3.05) is 6.54 Å². The number of nitrogens with zero attached hydrogens (tertiary/aromatic N) is 1. The van der Waals surface area contributed by atoms with E-state index in [1.54, 1.807) is 11.3 Å². The predicted octanol–water partition coefficient (Wildman–Crippen LogP) is 3.39. The Morgan fingerprint density at radius 2 is 2.25 bits per heavy atom. The standard InChI is InChI=1S/C16H24N2OS/c1-11(2)10-13-16(19)18(8-7-12-5-6-12)15(17-13)14-4-3-9-20-14/h3-4,9,11-13,15,17H,5-8,10H2,1-2H3. The van der Waals surface area contributed by atoms with Gasteiger partial charge in [0.15, 0.2) is 0 Å². The lowest BCUT2D eigenvalue weighted by Crippen LogP contribution is -2.32. The van der Waals surface area contributed by atoms with Crippen molar-refractivity contribution in [2.24, 2.45) is 11.8 Å². The zero-order valence-corrected chi connectivity index (χ0v) is 13.2. The molecule has 3 rings (SSSR count). The van der Waals surface area contributed by atoms with Crippen LogP contribution in [0.3, 0.4) is 0 Å². The van der Waals surface area contributed by atoms with E-state index in [9.17, 15) is 4.79 Å². The van der Waals surface area contributed by atoms with E-state index in [0.29, 0.717) is 11.8 Å². The summed E-state index contributed by atoms with van der Waals surface area (Å²) in [5, 5.41) is 5.65. The molecule has 1 saturated carbocycles. The van der Waals surface area contributed by atoms with E-state index >= 15 is 0 Å². The zero-order chi connectivity index (χ0) is 14.1. The summed E-state index contributed by atoms with van der Waals surface area (Å²) in [7, 11) is 0. The third-order valence-electron chi connectivity index (χ3n) is 4.25. The molecule has 2 unspecified atom stereocenters. The lowest BCUT2D eigenvalue weighted by Gasteiger charge is -2.23. The van der Waals surface area contributed by atoms with Gasteiger partial charge in [0.2, 0.25) is 5.91 Å². The molecule has 1 aliphatic heterocycles. The summed E-state index contributed by atoms with van der Waals surface area (Å²) in [6.45, 7) is 5.28. The second-order valence-electron chi connectivity index (χ2n) is 6.53. The first-order valence-corrected chi connectivity index (χ1v) is 8.63. The van der Waals surface area contributed by atoms with Gasteiger partial charge in [-0.05, 0) is 36.1 Å². The Balaban J connectivity index is 1.72. The van der Waals surface area contributed by atoms with Crippen molar-refractivity contribution < 1.29 is 4.79 Å². The Morgan fingerprint density at radius 3 is 2.85 bits per heavy atom. The van der Waals surface area contributed by atoms with Gasteiger partial charge in [0, 0.05) is 11.4 Å². The lowest BCUT2D eigenvalue weighted by molar-refractivity contribution is -0.130. The van der Waals surface area contributed by atoms with Gasteiger partial charge in [-0.15, -0.1) is 11.3 Å². The molecule has 1 N–H and O–H groups in total. The van der Waals surface area contributed by atoms with Crippen molar-refractivity contribution in [1.82, 2.24) is 10.2 Å². The highest BCUT2D eigenvalue weighted by molar-refractivity contribution is 7.10. The number of carbonyl (C=O) groups is 1. The summed E-state index contributed by atoms with van der Waals surface area (Å²) in [5.74, 6) is 1.72. The third kappa shape index (κ3) is 3.07. The van der Waals surface area contributed by atoms with Crippen LogP contribution in [-0.4, -0.2) is 23.4 Å². The molecule has 4 heteroatoms. The van der Waals surface area contributed by atoms with Crippen LogP contribution in [0, 0.1) is 11.8 Å². The molecule has 0 bridgehead atoms. The Morgan fingerprint density at radius 1 is 1.45 bits per heavy atom. The number of hydrogen-bond donors (Lipinski definition) is 1. The van der Waals surface area contributed by atoms with Crippen molar-refractivity contribution in [1.29, 1.82) is 0 Å². The Kier molecular flexibility index (Phi) is 4.13. The fourth-order valence-electron chi connectivity index (χ4n) is 2.97. The van der Waals surface area contributed by atoms with Crippen LogP contribution in [0.15, 0.2) is 17.5 Å². The summed E-state index contributed by atoms with van der Waals surface area (Å²) in [5.41, 5.74) is 0. The first kappa shape index (κ1) is 14.1. The normalized spacial score (nSPS) is 26.8. The quantitative estimate of drug-likeness (QED) is 0.871. The molecule has 2 atom stereocenters. The molecule has 2 fully saturated rings. The average Bonchev–Trinajstić information content (AvgIpc) is 2.97. The second-order valence-corrected chi connectivity index (χ2v) is 7.51. The molecule has 1 aliphatic carbocycles. The van der Waals surface area contributed by atoms with Gasteiger partial charge in [-0.25, -0.2) is 0 Å². The SMILES string of the molecule is CC(C)CC1NC(c2cccs2)N(CCC2CC2)C1=O. The topological polar surface area (TPSA) is 32.3 Å². The fourth-order valence-corrected chi connectivity index (χ4v) is 3.77. The van der Waals surface area contributed by atoms with Gasteiger partial charge in [-0.3, -0.25) is 10.1 Å². The minimum atomic E-state index is 0.00121. The highest BCUT2D eigenvalue weighted by Gasteiger charge is 2.40. The van der Waals surface area contributed by atoms with Crippen molar-refractivity contribution in [3.05, 3.63) is 22.4 Å². The van der Waals surface area contributed by atoms with E-state index < -0.39 is 0 Å². The van der Waals surface area contributed by atoms with Gasteiger partial charge in [0.25, 0.3) is 0 Å². The molecular formula is C16H24N2OS. The van der Waals surface area contributed by atoms with E-state index in [4.69, 9.17) is 0 Å². The average molecular weight is 292 g/mol. The Hall–Kier alpha value is -0.870. The number of nitrogens with one attached hydrogen (secondary N) is 1. The molecule has 2 aliphatic rings. The van der Waals surface area contributed by atoms with E-state index in [-0.39, 0.29) is 12.2 Å². The van der Waals surface area contributed by atoms with Gasteiger partial charge in [-0.1, -0.05) is 32.8 Å². The van der Waals surface area contributed by atoms with Crippen LogP contribution in [0.1, 0.15) is 50.6 Å². The molecule has 0 spiro atoms. The summed E-state index contributed by atoms with van der Waals surface area (Å²) in [6.07, 6.45) is 4.91. The van der Waals surface area contributed by atoms with Gasteiger partial charge in [0.1, 0.15) is 6.17 Å². The third-order valence-corrected chi connectivity index (χ3v) is 5.17. The smallest absolute Gasteiger partial charge is 0.241 e. The van der Waals surface area contributed by atoms with Gasteiger partial charge < -0.3 is 4.90 Å². The van der Waals surface area contributed by atoms with Crippen LogP contribution < -0.4 is 5.32 Å². The molecule has 110 valence electrons. The number of carbonyl (C=O) groups excluding carboxylic acids is 1. The molecule has 0 radical (unpaired) electrons. The monoisotopic (exact) mass is 292 g/mol. The summed E-state index contributed by atoms with van der Waals surface area (Å²) in [4.78, 5) is 16.0. The van der Waals surface area contributed by atoms with Crippen LogP contribution in [-0.2, 0) is 4.79 Å². The predicted molar refractivity (Wildman–Crippen MR) is 82.5 cm³/mol. The maximum atomic E-state index is 12.6. The number of rotatable bonds is 6. The van der Waals surface area contributed by atoms with Crippen molar-refractivity contribution in [3.63, 3.8) is 0 Å². The number of amides is 1. The van der Waals surface area contributed by atoms with Crippen molar-refractivity contribution in [2.45, 2.75) is 51.7 Å². The van der Waals surface area contributed by atoms with Crippen molar-refractivity contribution >= 4 is 17.2 Å². The Labute approximate surface area is 125 Å². The highest BCUT2D eigenvalue weighted by atomic mass is 32.1. The minimum Gasteiger partial charge on any atom is -0.321 e. The fraction of sp³-hybridized carbons (Fsp3) is 0.688. The van der Waals surface area contributed by atoms with Gasteiger partial charge in [0.05, 0.1) is 6.04 Å². The van der Waals surface area contributed by atoms with E-state index in [1.807, 2.05) is 0 Å². The Bertz CT molecular complexity index is 453. The maximum Gasteiger partial charge on any atom is 0.241 e. The zero-order valence-electron chi connectivity index (χ0n) is 12.3. The summed E-state index contributed by atoms with van der Waals surface area (Å²) >= 11 is 1.74. The van der Waals surface area contributed by atoms with Crippen molar-refractivity contribution in [3.8, 4) is 0 Å². The second kappa shape index (κ2) is 5.86. The largest absolute Gasteiger partial charge is 0.321 e. The minimum absolute atomic E-state index is 0.00121. The first-order valence-electron chi connectivity index (χ1n) is 7.75. The number of thiophene rings is 1. The van der Waals surface area contributed by atoms with Crippen LogP contribution in [0.2, 0.25) is 0 Å². The van der Waals surface area contributed by atoms with Crippen LogP contribution >= 0.6 is 11.3 Å². The van der Waals surface area contributed by atoms with Crippen LogP contribution in [0.4, 0.5) is 0 Å². The first-order chi connectivity index (χ1) is 9.65. The molecule has 1 amide bonds. The van der Waals surface area contributed by atoms with Gasteiger partial charge >= 0.3 is 0 Å². The maximum absolute atomic E-state index is 12.6. The lowest BCUT2D eigenvalue weighted by atomic mass is 10.0. The molecular weight excluding hydrogens is 268 g/mol. The van der Waals surface area contributed by atoms with E-state index in [0.717, 1.165) is 18.9 Å². The highest BCUT2D eigenvalue weighted by Crippen LogP contribution is 2.35.